The van der Waals surface area contributed by atoms with Gasteiger partial charge in [0.1, 0.15) is 5.75 Å². The smallest absolute Gasteiger partial charge is 0.115 e. The standard InChI is InChI=1S/C11H15NO2/c13-6-5-12-11-4-1-8-7-9(14)2-3-10(8)11/h2-3,7,11-14H,1,4-6H2. The number of hydrogen-bond acceptors (Lipinski definition) is 3. The van der Waals surface area contributed by atoms with Crippen LogP contribution in [0.2, 0.25) is 0 Å². The molecule has 3 heteroatoms. The van der Waals surface area contributed by atoms with Gasteiger partial charge in [0.15, 0.2) is 0 Å². The van der Waals surface area contributed by atoms with E-state index >= 15 is 0 Å². The molecule has 0 saturated carbocycles. The number of nitrogens with one attached hydrogen (secondary N) is 1. The van der Waals surface area contributed by atoms with Crippen LogP contribution in [0.25, 0.3) is 0 Å². The molecule has 0 saturated heterocycles. The number of aliphatic hydroxyl groups excluding tert-OH is 1. The van der Waals surface area contributed by atoms with Crippen LogP contribution in [0.3, 0.4) is 0 Å². The SMILES string of the molecule is OCCNC1CCc2cc(O)ccc21. The van der Waals surface area contributed by atoms with Crippen LogP contribution in [0, 0.1) is 0 Å². The lowest BCUT2D eigenvalue weighted by molar-refractivity contribution is 0.284. The zero-order valence-electron chi connectivity index (χ0n) is 8.03. The van der Waals surface area contributed by atoms with Crippen molar-refractivity contribution >= 4 is 0 Å². The number of fused-ring (bicyclic) bond motifs is 1. The van der Waals surface area contributed by atoms with Crippen LogP contribution >= 0.6 is 0 Å². The molecule has 3 N–H and O–H groups in total. The highest BCUT2D eigenvalue weighted by Crippen LogP contribution is 2.32. The molecule has 1 aliphatic rings. The fourth-order valence-corrected chi connectivity index (χ4v) is 2.05. The van der Waals surface area contributed by atoms with Crippen LogP contribution in [-0.2, 0) is 6.42 Å². The Morgan fingerprint density at radius 2 is 2.29 bits per heavy atom. The van der Waals surface area contributed by atoms with Crippen LogP contribution in [0.15, 0.2) is 18.2 Å². The maximum absolute atomic E-state index is 9.30. The van der Waals surface area contributed by atoms with E-state index in [0.717, 1.165) is 12.8 Å². The van der Waals surface area contributed by atoms with Crippen molar-refractivity contribution < 1.29 is 10.2 Å². The maximum atomic E-state index is 9.30. The van der Waals surface area contributed by atoms with Crippen LogP contribution in [0.4, 0.5) is 0 Å². The minimum absolute atomic E-state index is 0.171. The molecule has 0 bridgehead atoms. The average molecular weight is 193 g/mol. The highest BCUT2D eigenvalue weighted by molar-refractivity contribution is 5.39. The first kappa shape index (κ1) is 9.49. The van der Waals surface area contributed by atoms with Gasteiger partial charge in [-0.2, -0.15) is 0 Å². The Bertz CT molecular complexity index is 325. The van der Waals surface area contributed by atoms with Crippen molar-refractivity contribution in [2.24, 2.45) is 0 Å². The molecule has 0 spiro atoms. The molecular weight excluding hydrogens is 178 g/mol. The van der Waals surface area contributed by atoms with Crippen molar-refractivity contribution in [3.05, 3.63) is 29.3 Å². The molecule has 2 rings (SSSR count). The normalized spacial score (nSPS) is 19.6. The summed E-state index contributed by atoms with van der Waals surface area (Å²) < 4.78 is 0. The Balaban J connectivity index is 2.14. The van der Waals surface area contributed by atoms with Crippen molar-refractivity contribution in [2.75, 3.05) is 13.2 Å². The largest absolute Gasteiger partial charge is 0.508 e. The summed E-state index contributed by atoms with van der Waals surface area (Å²) in [6.45, 7) is 0.800. The van der Waals surface area contributed by atoms with Gasteiger partial charge < -0.3 is 15.5 Å². The Kier molecular flexibility index (Phi) is 2.70. The molecule has 1 aromatic rings. The van der Waals surface area contributed by atoms with Crippen molar-refractivity contribution in [2.45, 2.75) is 18.9 Å². The number of phenols is 1. The summed E-state index contributed by atoms with van der Waals surface area (Å²) in [7, 11) is 0. The lowest BCUT2D eigenvalue weighted by Crippen LogP contribution is -2.22. The molecule has 1 atom stereocenters. The van der Waals surface area contributed by atoms with Gasteiger partial charge in [0, 0.05) is 12.6 Å². The van der Waals surface area contributed by atoms with Gasteiger partial charge in [0.05, 0.1) is 6.61 Å². The second kappa shape index (κ2) is 3.98. The summed E-state index contributed by atoms with van der Waals surface area (Å²) in [5, 5.41) is 21.3. The van der Waals surface area contributed by atoms with Gasteiger partial charge in [-0.3, -0.25) is 0 Å². The van der Waals surface area contributed by atoms with Gasteiger partial charge in [0.2, 0.25) is 0 Å². The Hall–Kier alpha value is -1.06. The molecule has 3 nitrogen and oxygen atoms in total. The maximum Gasteiger partial charge on any atom is 0.115 e. The minimum atomic E-state index is 0.171. The Morgan fingerprint density at radius 3 is 3.07 bits per heavy atom. The van der Waals surface area contributed by atoms with Crippen molar-refractivity contribution in [3.8, 4) is 5.75 Å². The Labute approximate surface area is 83.4 Å². The summed E-state index contributed by atoms with van der Waals surface area (Å²) in [6.07, 6.45) is 2.06. The van der Waals surface area contributed by atoms with Gasteiger partial charge in [0.25, 0.3) is 0 Å². The summed E-state index contributed by atoms with van der Waals surface area (Å²) in [4.78, 5) is 0. The van der Waals surface area contributed by atoms with Crippen LogP contribution in [0.5, 0.6) is 5.75 Å². The molecule has 14 heavy (non-hydrogen) atoms. The molecule has 1 unspecified atom stereocenters. The third-order valence-corrected chi connectivity index (χ3v) is 2.71. The topological polar surface area (TPSA) is 52.5 Å². The van der Waals surface area contributed by atoms with E-state index in [4.69, 9.17) is 5.11 Å². The number of hydrogen-bond donors (Lipinski definition) is 3. The minimum Gasteiger partial charge on any atom is -0.508 e. The zero-order chi connectivity index (χ0) is 9.97. The summed E-state index contributed by atoms with van der Waals surface area (Å²) in [5.74, 6) is 0.339. The van der Waals surface area contributed by atoms with Gasteiger partial charge >= 0.3 is 0 Å². The number of aromatic hydroxyl groups is 1. The number of aliphatic hydroxyl groups is 1. The summed E-state index contributed by atoms with van der Waals surface area (Å²) in [5.41, 5.74) is 2.48. The Morgan fingerprint density at radius 1 is 1.43 bits per heavy atom. The number of phenolic OH excluding ortho intramolecular Hbond substituents is 1. The fraction of sp³-hybridized carbons (Fsp3) is 0.455. The van der Waals surface area contributed by atoms with E-state index in [-0.39, 0.29) is 6.61 Å². The second-order valence-corrected chi connectivity index (χ2v) is 3.65. The predicted octanol–water partition coefficient (Wildman–Crippen LogP) is 0.961. The molecule has 1 aliphatic carbocycles. The van der Waals surface area contributed by atoms with E-state index in [1.165, 1.54) is 11.1 Å². The first-order chi connectivity index (χ1) is 6.81. The molecule has 0 amide bonds. The lowest BCUT2D eigenvalue weighted by atomic mass is 10.1. The third-order valence-electron chi connectivity index (χ3n) is 2.71. The first-order valence-electron chi connectivity index (χ1n) is 4.97. The average Bonchev–Trinajstić information content (AvgIpc) is 2.57. The third kappa shape index (κ3) is 1.74. The molecule has 0 aliphatic heterocycles. The molecule has 0 fully saturated rings. The quantitative estimate of drug-likeness (QED) is 0.670. The molecule has 0 aromatic heterocycles. The van der Waals surface area contributed by atoms with Crippen LogP contribution in [0.1, 0.15) is 23.6 Å². The zero-order valence-corrected chi connectivity index (χ0v) is 8.03. The highest BCUT2D eigenvalue weighted by Gasteiger charge is 2.21. The van der Waals surface area contributed by atoms with Crippen LogP contribution in [-0.4, -0.2) is 23.4 Å². The van der Waals surface area contributed by atoms with E-state index in [2.05, 4.69) is 5.32 Å². The van der Waals surface area contributed by atoms with E-state index in [1.54, 1.807) is 6.07 Å². The molecular formula is C11H15NO2. The molecule has 0 heterocycles. The van der Waals surface area contributed by atoms with Gasteiger partial charge in [-0.25, -0.2) is 0 Å². The fourth-order valence-electron chi connectivity index (χ4n) is 2.05. The summed E-state index contributed by atoms with van der Waals surface area (Å²) in [6, 6.07) is 5.86. The number of aryl methyl sites for hydroxylation is 1. The highest BCUT2D eigenvalue weighted by atomic mass is 16.3. The number of benzene rings is 1. The van der Waals surface area contributed by atoms with Gasteiger partial charge in [-0.05, 0) is 36.1 Å². The van der Waals surface area contributed by atoms with Gasteiger partial charge in [-0.1, -0.05) is 6.07 Å². The first-order valence-corrected chi connectivity index (χ1v) is 4.97. The molecule has 76 valence electrons. The van der Waals surface area contributed by atoms with Crippen molar-refractivity contribution in [1.29, 1.82) is 0 Å². The van der Waals surface area contributed by atoms with E-state index in [0.29, 0.717) is 18.3 Å². The van der Waals surface area contributed by atoms with Crippen LogP contribution < -0.4 is 5.32 Å². The van der Waals surface area contributed by atoms with Crippen molar-refractivity contribution in [3.63, 3.8) is 0 Å². The van der Waals surface area contributed by atoms with E-state index in [9.17, 15) is 5.11 Å². The predicted molar refractivity (Wildman–Crippen MR) is 54.3 cm³/mol. The second-order valence-electron chi connectivity index (χ2n) is 3.65. The lowest BCUT2D eigenvalue weighted by Gasteiger charge is -2.12. The molecule has 0 radical (unpaired) electrons. The van der Waals surface area contributed by atoms with E-state index < -0.39 is 0 Å². The molecule has 1 aromatic carbocycles. The number of rotatable bonds is 3. The van der Waals surface area contributed by atoms with Crippen molar-refractivity contribution in [1.82, 2.24) is 5.32 Å². The monoisotopic (exact) mass is 193 g/mol. The summed E-state index contributed by atoms with van der Waals surface area (Å²) >= 11 is 0. The van der Waals surface area contributed by atoms with Gasteiger partial charge in [-0.15, -0.1) is 0 Å². The van der Waals surface area contributed by atoms with E-state index in [1.807, 2.05) is 12.1 Å².